The molecule has 0 unspecified atom stereocenters. The minimum atomic E-state index is -0.517. The molecule has 1 saturated heterocycles. The smallest absolute Gasteiger partial charge is 0.254 e. The minimum absolute atomic E-state index is 0.0585. The molecule has 170 valence electrons. The summed E-state index contributed by atoms with van der Waals surface area (Å²) in [5.74, 6) is 0.476. The zero-order valence-electron chi connectivity index (χ0n) is 18.4. The van der Waals surface area contributed by atoms with Crippen molar-refractivity contribution in [2.45, 2.75) is 56.3 Å². The number of fused-ring (bicyclic) bond motifs is 1. The Morgan fingerprint density at radius 2 is 1.88 bits per heavy atom. The van der Waals surface area contributed by atoms with E-state index < -0.39 is 12.1 Å². The van der Waals surface area contributed by atoms with E-state index >= 15 is 0 Å². The molecule has 4 atom stereocenters. The molecule has 33 heavy (non-hydrogen) atoms. The standard InChI is InChI=1S/C26H28N4O3/c31-24-14-15-27-23-13-12-22(30(23)24)26(33)29-19-8-6-17(7-9-19)16-20-10-11-21(28-20)25(32)18-4-2-1-3-5-18/h1-9,14-15,20-22,25,28,32H,10-13,16H2,(H,29,33)/t20-,21+,22-,25-/m0/s1. The van der Waals surface area contributed by atoms with Crippen molar-refractivity contribution in [2.24, 2.45) is 0 Å². The number of hydrogen-bond donors (Lipinski definition) is 3. The quantitative estimate of drug-likeness (QED) is 0.543. The van der Waals surface area contributed by atoms with Gasteiger partial charge in [0.2, 0.25) is 5.91 Å². The van der Waals surface area contributed by atoms with Gasteiger partial charge in [0.05, 0.1) is 6.10 Å². The summed E-state index contributed by atoms with van der Waals surface area (Å²) in [6.45, 7) is 0. The normalized spacial score (nSPS) is 22.6. The monoisotopic (exact) mass is 444 g/mol. The third-order valence-electron chi connectivity index (χ3n) is 6.71. The van der Waals surface area contributed by atoms with E-state index in [2.05, 4.69) is 15.6 Å². The van der Waals surface area contributed by atoms with Gasteiger partial charge in [0.15, 0.2) is 0 Å². The van der Waals surface area contributed by atoms with Gasteiger partial charge in [0, 0.05) is 36.5 Å². The second-order valence-corrected chi connectivity index (χ2v) is 8.92. The van der Waals surface area contributed by atoms with E-state index in [1.165, 1.54) is 22.4 Å². The van der Waals surface area contributed by atoms with Crippen LogP contribution in [0, 0.1) is 0 Å². The number of aliphatic hydroxyl groups is 1. The molecule has 0 spiro atoms. The number of aromatic nitrogens is 2. The number of carbonyl (C=O) groups is 1. The van der Waals surface area contributed by atoms with Crippen LogP contribution in [0.4, 0.5) is 5.69 Å². The molecule has 0 radical (unpaired) electrons. The number of hydrogen-bond acceptors (Lipinski definition) is 5. The summed E-state index contributed by atoms with van der Waals surface area (Å²) in [6, 6.07) is 18.9. The first kappa shape index (κ1) is 21.6. The van der Waals surface area contributed by atoms with Crippen LogP contribution in [-0.2, 0) is 17.6 Å². The first-order valence-electron chi connectivity index (χ1n) is 11.5. The Morgan fingerprint density at radius 1 is 1.09 bits per heavy atom. The molecule has 7 nitrogen and oxygen atoms in total. The van der Waals surface area contributed by atoms with Gasteiger partial charge >= 0.3 is 0 Å². The molecule has 3 aromatic rings. The summed E-state index contributed by atoms with van der Waals surface area (Å²) in [6.07, 6.45) is 5.02. The maximum Gasteiger partial charge on any atom is 0.254 e. The molecule has 0 bridgehead atoms. The van der Waals surface area contributed by atoms with Gasteiger partial charge in [-0.25, -0.2) is 4.98 Å². The Kier molecular flexibility index (Phi) is 6.07. The van der Waals surface area contributed by atoms with Gasteiger partial charge in [-0.1, -0.05) is 42.5 Å². The number of aliphatic hydroxyl groups excluding tert-OH is 1. The van der Waals surface area contributed by atoms with Crippen LogP contribution in [0.2, 0.25) is 0 Å². The topological polar surface area (TPSA) is 96.2 Å². The number of benzene rings is 2. The molecule has 3 N–H and O–H groups in total. The van der Waals surface area contributed by atoms with Gasteiger partial charge < -0.3 is 15.7 Å². The van der Waals surface area contributed by atoms with E-state index in [-0.39, 0.29) is 17.5 Å². The number of anilines is 1. The summed E-state index contributed by atoms with van der Waals surface area (Å²) in [5.41, 5.74) is 2.64. The van der Waals surface area contributed by atoms with Gasteiger partial charge in [0.1, 0.15) is 11.9 Å². The first-order valence-corrected chi connectivity index (χ1v) is 11.5. The number of rotatable bonds is 6. The molecular formula is C26H28N4O3. The maximum absolute atomic E-state index is 12.8. The highest BCUT2D eigenvalue weighted by molar-refractivity contribution is 5.94. The number of amides is 1. The molecule has 5 rings (SSSR count). The van der Waals surface area contributed by atoms with E-state index in [1.54, 1.807) is 0 Å². The van der Waals surface area contributed by atoms with Crippen molar-refractivity contribution in [1.29, 1.82) is 0 Å². The largest absolute Gasteiger partial charge is 0.387 e. The molecule has 2 aromatic carbocycles. The molecule has 0 aliphatic carbocycles. The van der Waals surface area contributed by atoms with Crippen molar-refractivity contribution in [3.05, 3.63) is 94.2 Å². The summed E-state index contributed by atoms with van der Waals surface area (Å²) in [5, 5.41) is 17.2. The fourth-order valence-electron chi connectivity index (χ4n) is 5.00. The molecule has 1 fully saturated rings. The average molecular weight is 445 g/mol. The second kappa shape index (κ2) is 9.29. The lowest BCUT2D eigenvalue weighted by molar-refractivity contribution is -0.119. The van der Waals surface area contributed by atoms with Crippen LogP contribution in [0.3, 0.4) is 0 Å². The van der Waals surface area contributed by atoms with Crippen LogP contribution in [0.15, 0.2) is 71.7 Å². The average Bonchev–Trinajstić information content (AvgIpc) is 3.49. The molecule has 2 aliphatic heterocycles. The van der Waals surface area contributed by atoms with Gasteiger partial charge in [-0.15, -0.1) is 0 Å². The zero-order chi connectivity index (χ0) is 22.8. The van der Waals surface area contributed by atoms with Gasteiger partial charge in [-0.2, -0.15) is 0 Å². The van der Waals surface area contributed by atoms with Gasteiger partial charge in [-0.3, -0.25) is 14.2 Å². The van der Waals surface area contributed by atoms with Crippen molar-refractivity contribution in [3.63, 3.8) is 0 Å². The summed E-state index contributed by atoms with van der Waals surface area (Å²) < 4.78 is 1.50. The van der Waals surface area contributed by atoms with Crippen LogP contribution < -0.4 is 16.2 Å². The first-order chi connectivity index (χ1) is 16.1. The summed E-state index contributed by atoms with van der Waals surface area (Å²) in [4.78, 5) is 29.1. The molecule has 3 heterocycles. The van der Waals surface area contributed by atoms with Crippen molar-refractivity contribution >= 4 is 11.6 Å². The maximum atomic E-state index is 12.8. The molecule has 1 amide bonds. The summed E-state index contributed by atoms with van der Waals surface area (Å²) in [7, 11) is 0. The van der Waals surface area contributed by atoms with E-state index in [9.17, 15) is 14.7 Å². The van der Waals surface area contributed by atoms with Crippen LogP contribution >= 0.6 is 0 Å². The lowest BCUT2D eigenvalue weighted by Crippen LogP contribution is -2.35. The zero-order valence-corrected chi connectivity index (χ0v) is 18.4. The SMILES string of the molecule is O=C(Nc1ccc(C[C@@H]2CC[C@H]([C@@H](O)c3ccccc3)N2)cc1)[C@@H]1CCc2nccc(=O)n21. The highest BCUT2D eigenvalue weighted by Crippen LogP contribution is 2.27. The molecule has 1 aromatic heterocycles. The second-order valence-electron chi connectivity index (χ2n) is 8.92. The molecule has 0 saturated carbocycles. The van der Waals surface area contributed by atoms with Crippen LogP contribution in [0.25, 0.3) is 0 Å². The predicted octanol–water partition coefficient (Wildman–Crippen LogP) is 2.77. The van der Waals surface area contributed by atoms with Crippen LogP contribution in [-0.4, -0.2) is 32.6 Å². The molecule has 7 heteroatoms. The van der Waals surface area contributed by atoms with Crippen molar-refractivity contribution < 1.29 is 9.90 Å². The number of nitrogens with zero attached hydrogens (tertiary/aromatic N) is 2. The Bertz CT molecular complexity index is 1180. The van der Waals surface area contributed by atoms with E-state index in [0.717, 1.165) is 24.8 Å². The fraction of sp³-hybridized carbons (Fsp3) is 0.346. The van der Waals surface area contributed by atoms with Gasteiger partial charge in [0.25, 0.3) is 5.56 Å². The molecular weight excluding hydrogens is 416 g/mol. The van der Waals surface area contributed by atoms with Crippen molar-refractivity contribution in [1.82, 2.24) is 14.9 Å². The number of aryl methyl sites for hydroxylation is 1. The van der Waals surface area contributed by atoms with E-state index in [4.69, 9.17) is 0 Å². The summed E-state index contributed by atoms with van der Waals surface area (Å²) >= 11 is 0. The Labute approximate surface area is 192 Å². The van der Waals surface area contributed by atoms with Crippen LogP contribution in [0.5, 0.6) is 0 Å². The van der Waals surface area contributed by atoms with Gasteiger partial charge in [-0.05, 0) is 48.9 Å². The number of carbonyl (C=O) groups excluding carboxylic acids is 1. The fourth-order valence-corrected chi connectivity index (χ4v) is 5.00. The Balaban J connectivity index is 1.17. The third-order valence-corrected chi connectivity index (χ3v) is 6.71. The lowest BCUT2D eigenvalue weighted by atomic mass is 10.0. The number of nitrogens with one attached hydrogen (secondary N) is 2. The highest BCUT2D eigenvalue weighted by Gasteiger charge is 2.31. The van der Waals surface area contributed by atoms with Crippen LogP contribution in [0.1, 0.15) is 48.4 Å². The Morgan fingerprint density at radius 3 is 2.67 bits per heavy atom. The molecule has 2 aliphatic rings. The van der Waals surface area contributed by atoms with E-state index in [0.29, 0.717) is 30.4 Å². The minimum Gasteiger partial charge on any atom is -0.387 e. The third kappa shape index (κ3) is 4.60. The lowest BCUT2D eigenvalue weighted by Gasteiger charge is -2.20. The van der Waals surface area contributed by atoms with Crippen molar-refractivity contribution in [2.75, 3.05) is 5.32 Å². The van der Waals surface area contributed by atoms with Crippen molar-refractivity contribution in [3.8, 4) is 0 Å². The predicted molar refractivity (Wildman–Crippen MR) is 126 cm³/mol. The highest BCUT2D eigenvalue weighted by atomic mass is 16.3. The van der Waals surface area contributed by atoms with E-state index in [1.807, 2.05) is 54.6 Å². The Hall–Kier alpha value is -3.29.